The molecule has 148 valence electrons. The maximum Gasteiger partial charge on any atom is 0.307 e. The van der Waals surface area contributed by atoms with Crippen LogP contribution in [0.15, 0.2) is 70.4 Å². The summed E-state index contributed by atoms with van der Waals surface area (Å²) in [6.07, 6.45) is 2.88. The number of hydrazone groups is 1. The SMILES string of the molecule is COc1ccc(/C=N\NC(=O)c2ccco2)cc1COc1ccc([N+](=O)[O-])cc1. The normalized spacial score (nSPS) is 10.7. The Balaban J connectivity index is 1.65. The monoisotopic (exact) mass is 395 g/mol. The van der Waals surface area contributed by atoms with Crippen LogP contribution in [0.25, 0.3) is 0 Å². The van der Waals surface area contributed by atoms with Gasteiger partial charge in [0.2, 0.25) is 0 Å². The first-order valence-corrected chi connectivity index (χ1v) is 8.48. The zero-order chi connectivity index (χ0) is 20.6. The molecule has 0 spiro atoms. The van der Waals surface area contributed by atoms with Crippen LogP contribution in [0.3, 0.4) is 0 Å². The molecule has 3 rings (SSSR count). The molecule has 1 aromatic heterocycles. The zero-order valence-corrected chi connectivity index (χ0v) is 15.4. The molecule has 0 saturated carbocycles. The van der Waals surface area contributed by atoms with Crippen LogP contribution in [0, 0.1) is 10.1 Å². The van der Waals surface area contributed by atoms with Crippen molar-refractivity contribution in [3.63, 3.8) is 0 Å². The molecule has 2 aromatic carbocycles. The van der Waals surface area contributed by atoms with Gasteiger partial charge < -0.3 is 13.9 Å². The number of amides is 1. The van der Waals surface area contributed by atoms with Crippen molar-refractivity contribution in [2.45, 2.75) is 6.61 Å². The second kappa shape index (κ2) is 9.18. The fourth-order valence-corrected chi connectivity index (χ4v) is 2.45. The Morgan fingerprint density at radius 1 is 1.24 bits per heavy atom. The molecule has 0 saturated heterocycles. The number of furan rings is 1. The summed E-state index contributed by atoms with van der Waals surface area (Å²) in [7, 11) is 1.54. The van der Waals surface area contributed by atoms with Gasteiger partial charge in [-0.1, -0.05) is 0 Å². The van der Waals surface area contributed by atoms with Crippen molar-refractivity contribution in [1.29, 1.82) is 0 Å². The first-order valence-electron chi connectivity index (χ1n) is 8.48. The van der Waals surface area contributed by atoms with E-state index in [2.05, 4.69) is 10.5 Å². The van der Waals surface area contributed by atoms with Crippen molar-refractivity contribution in [2.75, 3.05) is 7.11 Å². The number of ether oxygens (including phenoxy) is 2. The quantitative estimate of drug-likeness (QED) is 0.354. The van der Waals surface area contributed by atoms with Gasteiger partial charge in [0.25, 0.3) is 5.69 Å². The van der Waals surface area contributed by atoms with Crippen LogP contribution < -0.4 is 14.9 Å². The van der Waals surface area contributed by atoms with Crippen LogP contribution >= 0.6 is 0 Å². The topological polar surface area (TPSA) is 116 Å². The van der Waals surface area contributed by atoms with Gasteiger partial charge in [0.15, 0.2) is 5.76 Å². The van der Waals surface area contributed by atoms with E-state index in [0.29, 0.717) is 17.1 Å². The Kier molecular flexibility index (Phi) is 6.21. The Labute approximate surface area is 165 Å². The summed E-state index contributed by atoms with van der Waals surface area (Å²) in [6.45, 7) is 0.182. The zero-order valence-electron chi connectivity index (χ0n) is 15.4. The minimum absolute atomic E-state index is 0.00950. The van der Waals surface area contributed by atoms with Crippen LogP contribution in [0.2, 0.25) is 0 Å². The summed E-state index contributed by atoms with van der Waals surface area (Å²) in [6, 6.07) is 14.3. The maximum atomic E-state index is 11.8. The lowest BCUT2D eigenvalue weighted by atomic mass is 10.1. The van der Waals surface area contributed by atoms with Gasteiger partial charge in [-0.2, -0.15) is 5.10 Å². The molecule has 0 aliphatic rings. The van der Waals surface area contributed by atoms with E-state index in [0.717, 1.165) is 5.56 Å². The number of carbonyl (C=O) groups is 1. The van der Waals surface area contributed by atoms with Crippen LogP contribution in [0.4, 0.5) is 5.69 Å². The fraction of sp³-hybridized carbons (Fsp3) is 0.100. The van der Waals surface area contributed by atoms with Gasteiger partial charge in [0.1, 0.15) is 18.1 Å². The molecule has 3 aromatic rings. The van der Waals surface area contributed by atoms with Crippen LogP contribution in [0.5, 0.6) is 11.5 Å². The lowest BCUT2D eigenvalue weighted by Crippen LogP contribution is -2.16. The first-order chi connectivity index (χ1) is 14.1. The first kappa shape index (κ1) is 19.6. The van der Waals surface area contributed by atoms with Crippen LogP contribution in [0.1, 0.15) is 21.7 Å². The lowest BCUT2D eigenvalue weighted by molar-refractivity contribution is -0.384. The molecule has 0 aliphatic heterocycles. The van der Waals surface area contributed by atoms with Gasteiger partial charge in [-0.15, -0.1) is 0 Å². The van der Waals surface area contributed by atoms with Gasteiger partial charge in [-0.3, -0.25) is 14.9 Å². The van der Waals surface area contributed by atoms with E-state index in [1.165, 1.54) is 42.8 Å². The number of hydrogen-bond donors (Lipinski definition) is 1. The molecule has 0 radical (unpaired) electrons. The second-order valence-electron chi connectivity index (χ2n) is 5.79. The molecular formula is C20H17N3O6. The number of non-ortho nitro benzene ring substituents is 1. The Bertz CT molecular complexity index is 1010. The highest BCUT2D eigenvalue weighted by molar-refractivity contribution is 5.92. The van der Waals surface area contributed by atoms with E-state index in [-0.39, 0.29) is 18.1 Å². The van der Waals surface area contributed by atoms with Crippen molar-refractivity contribution in [3.05, 3.63) is 87.9 Å². The van der Waals surface area contributed by atoms with Gasteiger partial charge >= 0.3 is 5.91 Å². The van der Waals surface area contributed by atoms with Gasteiger partial charge in [-0.05, 0) is 48.0 Å². The second-order valence-corrected chi connectivity index (χ2v) is 5.79. The average molecular weight is 395 g/mol. The third kappa shape index (κ3) is 5.19. The van der Waals surface area contributed by atoms with Crippen molar-refractivity contribution < 1.29 is 23.6 Å². The van der Waals surface area contributed by atoms with E-state index in [1.54, 1.807) is 31.4 Å². The predicted octanol–water partition coefficient (Wildman–Crippen LogP) is 3.54. The summed E-state index contributed by atoms with van der Waals surface area (Å²) in [4.78, 5) is 22.0. The molecule has 0 bridgehead atoms. The molecule has 9 heteroatoms. The third-order valence-electron chi connectivity index (χ3n) is 3.87. The number of carbonyl (C=O) groups excluding carboxylic acids is 1. The van der Waals surface area contributed by atoms with E-state index in [9.17, 15) is 14.9 Å². The summed E-state index contributed by atoms with van der Waals surface area (Å²) >= 11 is 0. The largest absolute Gasteiger partial charge is 0.496 e. The van der Waals surface area contributed by atoms with Gasteiger partial charge in [-0.25, -0.2) is 5.43 Å². The summed E-state index contributed by atoms with van der Waals surface area (Å²) < 4.78 is 16.0. The molecule has 9 nitrogen and oxygen atoms in total. The molecule has 1 N–H and O–H groups in total. The van der Waals surface area contributed by atoms with Gasteiger partial charge in [0, 0.05) is 17.7 Å². The molecule has 1 heterocycles. The highest BCUT2D eigenvalue weighted by Gasteiger charge is 2.09. The Morgan fingerprint density at radius 3 is 2.69 bits per heavy atom. The van der Waals surface area contributed by atoms with Crippen molar-refractivity contribution in [1.82, 2.24) is 5.43 Å². The summed E-state index contributed by atoms with van der Waals surface area (Å²) in [5.74, 6) is 0.807. The lowest BCUT2D eigenvalue weighted by Gasteiger charge is -2.11. The molecule has 0 fully saturated rings. The number of benzene rings is 2. The Morgan fingerprint density at radius 2 is 2.03 bits per heavy atom. The fourth-order valence-electron chi connectivity index (χ4n) is 2.45. The molecule has 1 amide bonds. The molecular weight excluding hydrogens is 378 g/mol. The molecule has 0 unspecified atom stereocenters. The number of nitrogens with one attached hydrogen (secondary N) is 1. The highest BCUT2D eigenvalue weighted by Crippen LogP contribution is 2.23. The van der Waals surface area contributed by atoms with Crippen molar-refractivity contribution in [2.24, 2.45) is 5.10 Å². The van der Waals surface area contributed by atoms with Gasteiger partial charge in [0.05, 0.1) is 24.5 Å². The summed E-state index contributed by atoms with van der Waals surface area (Å²) in [5.41, 5.74) is 3.82. The minimum atomic E-state index is -0.472. The van der Waals surface area contributed by atoms with Crippen molar-refractivity contribution >= 4 is 17.8 Å². The highest BCUT2D eigenvalue weighted by atomic mass is 16.6. The predicted molar refractivity (Wildman–Crippen MR) is 104 cm³/mol. The average Bonchev–Trinajstić information content (AvgIpc) is 3.27. The number of hydrogen-bond acceptors (Lipinski definition) is 7. The van der Waals surface area contributed by atoms with E-state index < -0.39 is 10.8 Å². The summed E-state index contributed by atoms with van der Waals surface area (Å²) in [5, 5.41) is 14.6. The van der Waals surface area contributed by atoms with Crippen molar-refractivity contribution in [3.8, 4) is 11.5 Å². The van der Waals surface area contributed by atoms with Crippen LogP contribution in [-0.2, 0) is 6.61 Å². The number of nitro groups is 1. The van der Waals surface area contributed by atoms with E-state index in [1.807, 2.05) is 0 Å². The Hall–Kier alpha value is -4.14. The third-order valence-corrected chi connectivity index (χ3v) is 3.87. The molecule has 0 atom stereocenters. The van der Waals surface area contributed by atoms with E-state index >= 15 is 0 Å². The number of methoxy groups -OCH3 is 1. The van der Waals surface area contributed by atoms with Crippen LogP contribution in [-0.4, -0.2) is 24.2 Å². The standard InChI is InChI=1S/C20H17N3O6/c1-27-18-9-4-14(12-21-22-20(24)19-3-2-10-28-19)11-15(18)13-29-17-7-5-16(6-8-17)23(25)26/h2-12H,13H2,1H3,(H,22,24)/b21-12-. The molecule has 29 heavy (non-hydrogen) atoms. The smallest absolute Gasteiger partial charge is 0.307 e. The maximum absolute atomic E-state index is 11.8. The number of rotatable bonds is 8. The van der Waals surface area contributed by atoms with E-state index in [4.69, 9.17) is 13.9 Å². The number of nitrogens with zero attached hydrogens (tertiary/aromatic N) is 2. The number of nitro benzene ring substituents is 1. The minimum Gasteiger partial charge on any atom is -0.496 e. The molecule has 0 aliphatic carbocycles.